The lowest BCUT2D eigenvalue weighted by Crippen LogP contribution is -2.15. The van der Waals surface area contributed by atoms with Gasteiger partial charge in [0.05, 0.1) is 5.69 Å². The third-order valence-electron chi connectivity index (χ3n) is 2.10. The maximum Gasteiger partial charge on any atom is 0.0625 e. The number of hydrogen-bond acceptors (Lipinski definition) is 2. The first-order valence-corrected chi connectivity index (χ1v) is 5.36. The second-order valence-corrected chi connectivity index (χ2v) is 4.44. The molecule has 1 heterocycles. The topological polar surface area (TPSA) is 43.8 Å². The highest BCUT2D eigenvalue weighted by Gasteiger charge is 2.02. The summed E-state index contributed by atoms with van der Waals surface area (Å²) < 4.78 is 2.02. The van der Waals surface area contributed by atoms with E-state index in [0.717, 1.165) is 25.1 Å². The van der Waals surface area contributed by atoms with Crippen LogP contribution in [0.4, 0.5) is 0 Å². The average Bonchev–Trinajstić information content (AvgIpc) is 2.47. The summed E-state index contributed by atoms with van der Waals surface area (Å²) in [4.78, 5) is 0. The van der Waals surface area contributed by atoms with Crippen LogP contribution in [0.15, 0.2) is 12.3 Å². The molecule has 1 rings (SSSR count). The fourth-order valence-corrected chi connectivity index (χ4v) is 1.39. The van der Waals surface area contributed by atoms with Crippen LogP contribution < -0.4 is 5.73 Å². The van der Waals surface area contributed by atoms with Gasteiger partial charge in [0.25, 0.3) is 0 Å². The third-order valence-corrected chi connectivity index (χ3v) is 2.10. The normalized spacial score (nSPS) is 13.5. The van der Waals surface area contributed by atoms with Crippen molar-refractivity contribution in [3.63, 3.8) is 0 Å². The van der Waals surface area contributed by atoms with E-state index in [2.05, 4.69) is 31.2 Å². The van der Waals surface area contributed by atoms with Crippen LogP contribution in [-0.4, -0.2) is 15.8 Å². The summed E-state index contributed by atoms with van der Waals surface area (Å²) in [6.07, 6.45) is 4.05. The molecule has 0 saturated carbocycles. The first kappa shape index (κ1) is 11.2. The lowest BCUT2D eigenvalue weighted by atomic mass is 10.1. The Balaban J connectivity index is 2.42. The lowest BCUT2D eigenvalue weighted by Gasteiger charge is -2.04. The van der Waals surface area contributed by atoms with Crippen molar-refractivity contribution in [2.75, 3.05) is 0 Å². The first-order chi connectivity index (χ1) is 6.58. The Morgan fingerprint density at radius 1 is 1.43 bits per heavy atom. The van der Waals surface area contributed by atoms with E-state index in [1.165, 1.54) is 0 Å². The number of hydrogen-bond donors (Lipinski definition) is 1. The van der Waals surface area contributed by atoms with Crippen LogP contribution in [-0.2, 0) is 13.0 Å². The van der Waals surface area contributed by atoms with Crippen LogP contribution in [0.2, 0.25) is 0 Å². The van der Waals surface area contributed by atoms with E-state index >= 15 is 0 Å². The summed E-state index contributed by atoms with van der Waals surface area (Å²) in [6.45, 7) is 7.43. The van der Waals surface area contributed by atoms with Crippen molar-refractivity contribution in [3.8, 4) is 0 Å². The number of aryl methyl sites for hydroxylation is 1. The second-order valence-electron chi connectivity index (χ2n) is 4.44. The highest BCUT2D eigenvalue weighted by atomic mass is 15.3. The van der Waals surface area contributed by atoms with Gasteiger partial charge in [0.1, 0.15) is 0 Å². The molecule has 0 amide bonds. The monoisotopic (exact) mass is 195 g/mol. The molecule has 1 aromatic rings. The third kappa shape index (κ3) is 3.92. The molecule has 80 valence electrons. The molecule has 0 radical (unpaired) electrons. The molecule has 1 atom stereocenters. The summed E-state index contributed by atoms with van der Waals surface area (Å²) >= 11 is 0. The van der Waals surface area contributed by atoms with Gasteiger partial charge < -0.3 is 5.73 Å². The largest absolute Gasteiger partial charge is 0.328 e. The minimum absolute atomic E-state index is 0.269. The molecule has 0 aliphatic rings. The smallest absolute Gasteiger partial charge is 0.0625 e. The Hall–Kier alpha value is -0.830. The van der Waals surface area contributed by atoms with E-state index in [1.54, 1.807) is 0 Å². The van der Waals surface area contributed by atoms with Gasteiger partial charge in [0.2, 0.25) is 0 Å². The Labute approximate surface area is 86.3 Å². The van der Waals surface area contributed by atoms with Gasteiger partial charge in [0.15, 0.2) is 0 Å². The van der Waals surface area contributed by atoms with Crippen LogP contribution in [0.3, 0.4) is 0 Å². The van der Waals surface area contributed by atoms with Gasteiger partial charge in [-0.1, -0.05) is 13.8 Å². The highest BCUT2D eigenvalue weighted by molar-refractivity contribution is 4.99. The molecule has 2 N–H and O–H groups in total. The van der Waals surface area contributed by atoms with E-state index in [1.807, 2.05) is 11.6 Å². The van der Waals surface area contributed by atoms with Crippen LogP contribution in [0, 0.1) is 5.92 Å². The van der Waals surface area contributed by atoms with Gasteiger partial charge in [-0.15, -0.1) is 0 Å². The zero-order valence-electron chi connectivity index (χ0n) is 9.40. The molecule has 0 fully saturated rings. The fourth-order valence-electron chi connectivity index (χ4n) is 1.39. The van der Waals surface area contributed by atoms with Crippen molar-refractivity contribution in [2.45, 2.75) is 46.2 Å². The average molecular weight is 195 g/mol. The van der Waals surface area contributed by atoms with Gasteiger partial charge in [-0.2, -0.15) is 5.10 Å². The van der Waals surface area contributed by atoms with Gasteiger partial charge in [-0.25, -0.2) is 0 Å². The Bertz CT molecular complexity index is 263. The number of rotatable bonds is 5. The van der Waals surface area contributed by atoms with Gasteiger partial charge in [-0.05, 0) is 31.7 Å². The lowest BCUT2D eigenvalue weighted by molar-refractivity contribution is 0.478. The highest BCUT2D eigenvalue weighted by Crippen LogP contribution is 2.04. The van der Waals surface area contributed by atoms with Crippen molar-refractivity contribution >= 4 is 0 Å². The van der Waals surface area contributed by atoms with Crippen LogP contribution in [0.5, 0.6) is 0 Å². The van der Waals surface area contributed by atoms with Crippen molar-refractivity contribution in [2.24, 2.45) is 11.7 Å². The van der Waals surface area contributed by atoms with Gasteiger partial charge in [0, 0.05) is 18.8 Å². The van der Waals surface area contributed by atoms with Crippen LogP contribution in [0.25, 0.3) is 0 Å². The molecule has 0 aliphatic heterocycles. The molecule has 14 heavy (non-hydrogen) atoms. The van der Waals surface area contributed by atoms with E-state index in [-0.39, 0.29) is 6.04 Å². The molecule has 1 aromatic heterocycles. The fraction of sp³-hybridized carbons (Fsp3) is 0.727. The second kappa shape index (κ2) is 5.15. The molecule has 0 bridgehead atoms. The zero-order chi connectivity index (χ0) is 10.6. The summed E-state index contributed by atoms with van der Waals surface area (Å²) in [6, 6.07) is 2.36. The van der Waals surface area contributed by atoms with Gasteiger partial charge in [-0.3, -0.25) is 4.68 Å². The molecular weight excluding hydrogens is 174 g/mol. The standard InChI is InChI=1S/C11H21N3/c1-9(2)8-14-7-6-11(13-14)5-4-10(3)12/h6-7,9-10H,4-5,8,12H2,1-3H3. The summed E-state index contributed by atoms with van der Waals surface area (Å²) in [5.41, 5.74) is 6.85. The van der Waals surface area contributed by atoms with Crippen molar-refractivity contribution in [3.05, 3.63) is 18.0 Å². The van der Waals surface area contributed by atoms with E-state index < -0.39 is 0 Å². The molecule has 0 saturated heterocycles. The van der Waals surface area contributed by atoms with Crippen molar-refractivity contribution < 1.29 is 0 Å². The Kier molecular flexibility index (Phi) is 4.14. The number of nitrogens with zero attached hydrogens (tertiary/aromatic N) is 2. The van der Waals surface area contributed by atoms with Crippen LogP contribution >= 0.6 is 0 Å². The van der Waals surface area contributed by atoms with E-state index in [0.29, 0.717) is 5.92 Å². The van der Waals surface area contributed by atoms with Crippen molar-refractivity contribution in [1.29, 1.82) is 0 Å². The zero-order valence-corrected chi connectivity index (χ0v) is 9.40. The first-order valence-electron chi connectivity index (χ1n) is 5.36. The quantitative estimate of drug-likeness (QED) is 0.779. The predicted molar refractivity (Wildman–Crippen MR) is 59.0 cm³/mol. The molecule has 3 heteroatoms. The summed E-state index contributed by atoms with van der Waals surface area (Å²) in [5, 5.41) is 4.48. The molecule has 0 aromatic carbocycles. The molecule has 1 unspecified atom stereocenters. The Morgan fingerprint density at radius 3 is 2.71 bits per heavy atom. The molecule has 3 nitrogen and oxygen atoms in total. The predicted octanol–water partition coefficient (Wildman–Crippen LogP) is 1.82. The SMILES string of the molecule is CC(C)Cn1ccc(CCC(C)N)n1. The number of aromatic nitrogens is 2. The molecule has 0 spiro atoms. The summed E-state index contributed by atoms with van der Waals surface area (Å²) in [5.74, 6) is 0.649. The van der Waals surface area contributed by atoms with Gasteiger partial charge >= 0.3 is 0 Å². The maximum absolute atomic E-state index is 5.69. The van der Waals surface area contributed by atoms with E-state index in [9.17, 15) is 0 Å². The Morgan fingerprint density at radius 2 is 2.14 bits per heavy atom. The van der Waals surface area contributed by atoms with Crippen LogP contribution in [0.1, 0.15) is 32.9 Å². The molecular formula is C11H21N3. The summed E-state index contributed by atoms with van der Waals surface area (Å²) in [7, 11) is 0. The van der Waals surface area contributed by atoms with Crippen molar-refractivity contribution in [1.82, 2.24) is 9.78 Å². The minimum Gasteiger partial charge on any atom is -0.328 e. The van der Waals surface area contributed by atoms with E-state index in [4.69, 9.17) is 5.73 Å². The maximum atomic E-state index is 5.69. The molecule has 0 aliphatic carbocycles. The number of nitrogens with two attached hydrogens (primary N) is 1. The minimum atomic E-state index is 0.269.